The summed E-state index contributed by atoms with van der Waals surface area (Å²) in [6.45, 7) is 17.1. The van der Waals surface area contributed by atoms with Crippen molar-refractivity contribution >= 4 is 29.2 Å². The Kier molecular flexibility index (Phi) is 11.7. The maximum atomic E-state index is 4.96. The molecule has 0 fully saturated rings. The molecule has 0 heterocycles. The minimum absolute atomic E-state index is 0.449. The zero-order valence-electron chi connectivity index (χ0n) is 12.6. The molecule has 0 radical (unpaired) electrons. The molecule has 0 aliphatic rings. The first-order valence-corrected chi connectivity index (χ1v) is 7.22. The summed E-state index contributed by atoms with van der Waals surface area (Å²) in [6.07, 6.45) is 0. The first-order valence-electron chi connectivity index (χ1n) is 6.36. The second-order valence-electron chi connectivity index (χ2n) is 5.35. The van der Waals surface area contributed by atoms with Gasteiger partial charge in [-0.2, -0.15) is 0 Å². The highest BCUT2D eigenvalue weighted by Crippen LogP contribution is 2.08. The van der Waals surface area contributed by atoms with Crippen molar-refractivity contribution in [2.24, 2.45) is 0 Å². The third kappa shape index (κ3) is 12.4. The van der Waals surface area contributed by atoms with Crippen LogP contribution in [0.2, 0.25) is 0 Å². The Morgan fingerprint density at radius 3 is 1.18 bits per heavy atom. The van der Waals surface area contributed by atoms with Crippen molar-refractivity contribution in [2.45, 2.75) is 79.6 Å². The number of thiol groups is 1. The van der Waals surface area contributed by atoms with E-state index >= 15 is 0 Å². The van der Waals surface area contributed by atoms with Crippen LogP contribution in [0.5, 0.6) is 0 Å². The molecule has 0 aliphatic carbocycles. The number of hydrogen-bond donors (Lipinski definition) is 2. The van der Waals surface area contributed by atoms with Crippen LogP contribution in [-0.2, 0) is 0 Å². The summed E-state index contributed by atoms with van der Waals surface area (Å²) in [5, 5.41) is 3.31. The van der Waals surface area contributed by atoms with Crippen LogP contribution in [0, 0.1) is 0 Å². The van der Waals surface area contributed by atoms with Crippen molar-refractivity contribution < 1.29 is 0 Å². The van der Waals surface area contributed by atoms with Gasteiger partial charge in [0.25, 0.3) is 0 Å². The molecule has 0 unspecified atom stereocenters. The van der Waals surface area contributed by atoms with Gasteiger partial charge < -0.3 is 10.2 Å². The topological polar surface area (TPSA) is 15.3 Å². The lowest BCUT2D eigenvalue weighted by Gasteiger charge is -2.30. The third-order valence-corrected chi connectivity index (χ3v) is 2.44. The molecular formula is C13H30N2S2. The number of nitrogens with one attached hydrogen (secondary N) is 1. The fourth-order valence-corrected chi connectivity index (χ4v) is 2.59. The Bertz CT molecular complexity index is 188. The molecule has 0 aliphatic heterocycles. The van der Waals surface area contributed by atoms with E-state index in [1.807, 2.05) is 0 Å². The van der Waals surface area contributed by atoms with Crippen molar-refractivity contribution in [3.05, 3.63) is 0 Å². The van der Waals surface area contributed by atoms with E-state index in [9.17, 15) is 0 Å². The van der Waals surface area contributed by atoms with Gasteiger partial charge in [0, 0.05) is 24.2 Å². The Balaban J connectivity index is 0. The van der Waals surface area contributed by atoms with Crippen LogP contribution in [0.25, 0.3) is 0 Å². The van der Waals surface area contributed by atoms with Gasteiger partial charge in [-0.1, -0.05) is 39.9 Å². The van der Waals surface area contributed by atoms with Crippen LogP contribution in [0.4, 0.5) is 0 Å². The molecular weight excluding hydrogens is 248 g/mol. The highest BCUT2D eigenvalue weighted by atomic mass is 32.1. The summed E-state index contributed by atoms with van der Waals surface area (Å²) in [6, 6.07) is 2.15. The molecule has 17 heavy (non-hydrogen) atoms. The Labute approximate surface area is 119 Å². The molecule has 0 aromatic rings. The quantitative estimate of drug-likeness (QED) is 0.602. The van der Waals surface area contributed by atoms with Gasteiger partial charge in [0.15, 0.2) is 0 Å². The van der Waals surface area contributed by atoms with Crippen LogP contribution in [0.1, 0.15) is 55.4 Å². The zero-order chi connectivity index (χ0) is 14.2. The lowest BCUT2D eigenvalue weighted by Crippen LogP contribution is -2.38. The van der Waals surface area contributed by atoms with Crippen molar-refractivity contribution in [2.75, 3.05) is 0 Å². The molecule has 2 nitrogen and oxygen atoms in total. The summed E-state index contributed by atoms with van der Waals surface area (Å²) < 4.78 is 0.685. The Hall–Kier alpha value is 0.200. The Morgan fingerprint density at radius 1 is 0.882 bits per heavy atom. The fourth-order valence-electron chi connectivity index (χ4n) is 1.70. The molecule has 0 saturated heterocycles. The molecule has 0 aromatic carbocycles. The minimum atomic E-state index is 0.449. The highest BCUT2D eigenvalue weighted by molar-refractivity contribution is 8.10. The van der Waals surface area contributed by atoms with Gasteiger partial charge in [0.05, 0.1) is 0 Å². The van der Waals surface area contributed by atoms with Crippen LogP contribution < -0.4 is 5.32 Å². The molecule has 1 N–H and O–H groups in total. The highest BCUT2D eigenvalue weighted by Gasteiger charge is 2.12. The zero-order valence-corrected chi connectivity index (χ0v) is 14.3. The largest absolute Gasteiger partial charge is 0.353 e. The van der Waals surface area contributed by atoms with E-state index in [0.29, 0.717) is 28.5 Å². The lowest BCUT2D eigenvalue weighted by atomic mass is 10.2. The van der Waals surface area contributed by atoms with Gasteiger partial charge in [-0.3, -0.25) is 0 Å². The van der Waals surface area contributed by atoms with Crippen LogP contribution in [0.15, 0.2) is 0 Å². The first-order chi connectivity index (χ1) is 7.59. The maximum Gasteiger partial charge on any atom is 0.133 e. The molecule has 0 spiro atoms. The predicted octanol–water partition coefficient (Wildman–Crippen LogP) is 3.71. The lowest BCUT2D eigenvalue weighted by molar-refractivity contribution is 0.303. The van der Waals surface area contributed by atoms with E-state index in [-0.39, 0.29) is 0 Å². The van der Waals surface area contributed by atoms with Gasteiger partial charge >= 0.3 is 0 Å². The minimum Gasteiger partial charge on any atom is -0.353 e. The molecule has 0 saturated carbocycles. The van der Waals surface area contributed by atoms with Crippen molar-refractivity contribution in [1.82, 2.24) is 10.2 Å². The van der Waals surface area contributed by atoms with Crippen molar-refractivity contribution in [3.63, 3.8) is 0 Å². The fraction of sp³-hybridized carbons (Fsp3) is 0.923. The molecule has 0 rings (SSSR count). The molecule has 0 atom stereocenters. The summed E-state index contributed by atoms with van der Waals surface area (Å²) >= 11 is 9.09. The third-order valence-electron chi connectivity index (χ3n) is 2.00. The monoisotopic (exact) mass is 278 g/mol. The smallest absolute Gasteiger partial charge is 0.133 e. The SMILES string of the molecule is CC(C)N(C(=S)S)C(C)C.CC(C)NC(C)C. The molecule has 0 aromatic heterocycles. The maximum absolute atomic E-state index is 4.96. The average Bonchev–Trinajstić information content (AvgIpc) is 1.97. The van der Waals surface area contributed by atoms with E-state index in [0.717, 1.165) is 0 Å². The van der Waals surface area contributed by atoms with Gasteiger partial charge in [0.2, 0.25) is 0 Å². The standard InChI is InChI=1S/C7H15NS2.C6H15N/c1-5(2)8(6(3)4)7(9)10;1-5(2)7-6(3)4/h5-6H,1-4H3,(H,9,10);5-7H,1-4H3. The van der Waals surface area contributed by atoms with Crippen LogP contribution >= 0.6 is 24.8 Å². The molecule has 4 heteroatoms. The number of thiocarbonyl (C=S) groups is 1. The second kappa shape index (κ2) is 10.2. The summed E-state index contributed by atoms with van der Waals surface area (Å²) in [4.78, 5) is 2.10. The summed E-state index contributed by atoms with van der Waals surface area (Å²) in [5.74, 6) is 0. The van der Waals surface area contributed by atoms with Crippen molar-refractivity contribution in [3.8, 4) is 0 Å². The van der Waals surface area contributed by atoms with E-state index in [1.165, 1.54) is 0 Å². The Morgan fingerprint density at radius 2 is 1.18 bits per heavy atom. The predicted molar refractivity (Wildman–Crippen MR) is 87.1 cm³/mol. The molecule has 0 bridgehead atoms. The average molecular weight is 279 g/mol. The van der Waals surface area contributed by atoms with Crippen LogP contribution in [0.3, 0.4) is 0 Å². The number of hydrogen-bond acceptors (Lipinski definition) is 2. The number of nitrogens with zero attached hydrogens (tertiary/aromatic N) is 1. The van der Waals surface area contributed by atoms with Gasteiger partial charge in [0.1, 0.15) is 4.32 Å². The molecule has 104 valence electrons. The van der Waals surface area contributed by atoms with Crippen LogP contribution in [-0.4, -0.2) is 33.4 Å². The normalized spacial score (nSPS) is 10.9. The van der Waals surface area contributed by atoms with Crippen molar-refractivity contribution in [1.29, 1.82) is 0 Å². The summed E-state index contributed by atoms with van der Waals surface area (Å²) in [5.41, 5.74) is 0. The second-order valence-corrected chi connectivity index (χ2v) is 6.47. The molecule has 0 amide bonds. The van der Waals surface area contributed by atoms with E-state index in [1.54, 1.807) is 0 Å². The number of rotatable bonds is 4. The van der Waals surface area contributed by atoms with E-state index in [4.69, 9.17) is 12.2 Å². The van der Waals surface area contributed by atoms with E-state index in [2.05, 4.69) is 78.2 Å². The van der Waals surface area contributed by atoms with Gasteiger partial charge in [-0.15, -0.1) is 12.6 Å². The van der Waals surface area contributed by atoms with E-state index < -0.39 is 0 Å². The summed E-state index contributed by atoms with van der Waals surface area (Å²) in [7, 11) is 0. The van der Waals surface area contributed by atoms with Gasteiger partial charge in [-0.05, 0) is 27.7 Å². The van der Waals surface area contributed by atoms with Gasteiger partial charge in [-0.25, -0.2) is 0 Å². The first kappa shape index (κ1) is 19.5.